The fourth-order valence-electron chi connectivity index (χ4n) is 3.91. The molecule has 4 rings (SSSR count). The Morgan fingerprint density at radius 2 is 2.00 bits per heavy atom. The van der Waals surface area contributed by atoms with Gasteiger partial charge in [0.05, 0.1) is 18.3 Å². The molecule has 2 aromatic rings. The third-order valence-electron chi connectivity index (χ3n) is 5.43. The summed E-state index contributed by atoms with van der Waals surface area (Å²) in [5.74, 6) is 0.0898. The van der Waals surface area contributed by atoms with E-state index in [2.05, 4.69) is 15.4 Å². The first-order valence-corrected chi connectivity index (χ1v) is 10.3. The molecule has 2 aliphatic heterocycles. The highest BCUT2D eigenvalue weighted by Crippen LogP contribution is 2.24. The quantitative estimate of drug-likeness (QED) is 0.350. The zero-order valence-electron chi connectivity index (χ0n) is 17.0. The molecular weight excluding hydrogens is 395 g/mol. The molecule has 1 N–H and O–H groups in total. The van der Waals surface area contributed by atoms with E-state index in [0.29, 0.717) is 37.7 Å². The summed E-state index contributed by atoms with van der Waals surface area (Å²) in [6.07, 6.45) is 3.98. The first-order chi connectivity index (χ1) is 15.2. The van der Waals surface area contributed by atoms with Gasteiger partial charge in [-0.2, -0.15) is 10.4 Å². The number of hydrazone groups is 1. The summed E-state index contributed by atoms with van der Waals surface area (Å²) in [6.45, 7) is 1.53. The second-order valence-corrected chi connectivity index (χ2v) is 7.46. The Hall–Kier alpha value is -3.73. The summed E-state index contributed by atoms with van der Waals surface area (Å²) in [5.41, 5.74) is 2.57. The maximum absolute atomic E-state index is 13.4. The number of hydrogen-bond donors (Lipinski definition) is 1. The van der Waals surface area contributed by atoms with Crippen LogP contribution in [0.15, 0.2) is 64.7 Å². The van der Waals surface area contributed by atoms with Gasteiger partial charge in [0, 0.05) is 25.1 Å². The number of guanidine groups is 1. The average molecular weight is 418 g/mol. The van der Waals surface area contributed by atoms with Crippen LogP contribution in [-0.4, -0.2) is 53.2 Å². The zero-order chi connectivity index (χ0) is 21.6. The van der Waals surface area contributed by atoms with Crippen molar-refractivity contribution in [2.75, 3.05) is 19.6 Å². The first kappa shape index (κ1) is 20.5. The molecule has 31 heavy (non-hydrogen) atoms. The predicted octanol–water partition coefficient (Wildman–Crippen LogP) is 2.51. The van der Waals surface area contributed by atoms with E-state index in [-0.39, 0.29) is 17.8 Å². The van der Waals surface area contributed by atoms with Crippen LogP contribution in [0.4, 0.5) is 4.39 Å². The van der Waals surface area contributed by atoms with Crippen LogP contribution >= 0.6 is 0 Å². The van der Waals surface area contributed by atoms with Crippen molar-refractivity contribution in [3.63, 3.8) is 0 Å². The second kappa shape index (κ2) is 9.39. The normalized spacial score (nSPS) is 18.8. The molecule has 0 spiro atoms. The first-order valence-electron chi connectivity index (χ1n) is 10.3. The number of nitrogens with zero attached hydrogens (tertiary/aromatic N) is 5. The molecule has 0 bridgehead atoms. The van der Waals surface area contributed by atoms with Crippen molar-refractivity contribution < 1.29 is 9.18 Å². The van der Waals surface area contributed by atoms with Crippen molar-refractivity contribution >= 4 is 17.6 Å². The molecule has 2 aromatic carbocycles. The third kappa shape index (κ3) is 4.72. The number of aliphatic imine (C=N–C) groups is 1. The number of carbonyl (C=O) groups is 1. The van der Waals surface area contributed by atoms with Crippen LogP contribution in [0.5, 0.6) is 0 Å². The third-order valence-corrected chi connectivity index (χ3v) is 5.43. The number of nitrogens with one attached hydrogen (secondary N) is 1. The van der Waals surface area contributed by atoms with Crippen LogP contribution in [0.1, 0.15) is 24.0 Å². The van der Waals surface area contributed by atoms with E-state index < -0.39 is 0 Å². The van der Waals surface area contributed by atoms with Gasteiger partial charge in [-0.1, -0.05) is 42.5 Å². The van der Waals surface area contributed by atoms with Gasteiger partial charge in [0.25, 0.3) is 0 Å². The van der Waals surface area contributed by atoms with E-state index in [1.807, 2.05) is 41.4 Å². The van der Waals surface area contributed by atoms with E-state index in [9.17, 15) is 14.4 Å². The van der Waals surface area contributed by atoms with Gasteiger partial charge in [-0.25, -0.2) is 9.40 Å². The van der Waals surface area contributed by atoms with Crippen molar-refractivity contribution in [1.29, 1.82) is 5.26 Å². The summed E-state index contributed by atoms with van der Waals surface area (Å²) in [6, 6.07) is 15.8. The number of likely N-dealkylation sites (tertiary alicyclic amines) is 1. The Labute approximate surface area is 180 Å². The molecule has 8 heteroatoms. The van der Waals surface area contributed by atoms with Crippen molar-refractivity contribution in [3.8, 4) is 6.19 Å². The highest BCUT2D eigenvalue weighted by Gasteiger charge is 2.38. The van der Waals surface area contributed by atoms with Crippen molar-refractivity contribution in [2.45, 2.75) is 25.3 Å². The molecule has 7 nitrogen and oxygen atoms in total. The van der Waals surface area contributed by atoms with Gasteiger partial charge in [-0.3, -0.25) is 15.1 Å². The summed E-state index contributed by atoms with van der Waals surface area (Å²) in [4.78, 5) is 18.8. The van der Waals surface area contributed by atoms with Crippen LogP contribution in [-0.2, 0) is 11.2 Å². The van der Waals surface area contributed by atoms with Crippen LogP contribution in [0.25, 0.3) is 0 Å². The Bertz CT molecular complexity index is 1030. The van der Waals surface area contributed by atoms with Gasteiger partial charge in [0.15, 0.2) is 6.19 Å². The molecule has 1 amide bonds. The number of hydrogen-bond acceptors (Lipinski definition) is 4. The molecule has 1 saturated heterocycles. The van der Waals surface area contributed by atoms with Gasteiger partial charge >= 0.3 is 0 Å². The average Bonchev–Trinajstić information content (AvgIpc) is 3.40. The minimum absolute atomic E-state index is 0.0810. The smallest absolute Gasteiger partial charge is 0.228 e. The van der Waals surface area contributed by atoms with Crippen LogP contribution in [0.3, 0.4) is 0 Å². The maximum atomic E-state index is 13.4. The molecule has 0 aliphatic carbocycles. The fourth-order valence-corrected chi connectivity index (χ4v) is 3.91. The summed E-state index contributed by atoms with van der Waals surface area (Å²) in [5, 5.41) is 18.2. The SMILES string of the molecule is N#CNC(=NCCc1ccccc1)N1CC(N2CCCC2=O)C(c2ccc(F)cc2)=N1. The van der Waals surface area contributed by atoms with Gasteiger partial charge in [-0.15, -0.1) is 0 Å². The Kier molecular flexibility index (Phi) is 6.22. The molecule has 2 heterocycles. The molecular formula is C23H23FN6O. The molecule has 1 unspecified atom stereocenters. The number of rotatable bonds is 5. The molecule has 1 atom stereocenters. The van der Waals surface area contributed by atoms with E-state index in [1.54, 1.807) is 17.1 Å². The summed E-state index contributed by atoms with van der Waals surface area (Å²) < 4.78 is 13.4. The molecule has 2 aliphatic rings. The van der Waals surface area contributed by atoms with Crippen molar-refractivity contribution in [1.82, 2.24) is 15.2 Å². The second-order valence-electron chi connectivity index (χ2n) is 7.46. The van der Waals surface area contributed by atoms with Crippen molar-refractivity contribution in [3.05, 3.63) is 71.5 Å². The van der Waals surface area contributed by atoms with E-state index in [4.69, 9.17) is 0 Å². The number of nitriles is 1. The Morgan fingerprint density at radius 3 is 2.68 bits per heavy atom. The van der Waals surface area contributed by atoms with Crippen LogP contribution < -0.4 is 5.32 Å². The fraction of sp³-hybridized carbons (Fsp3) is 0.304. The minimum atomic E-state index is -0.331. The summed E-state index contributed by atoms with van der Waals surface area (Å²) in [7, 11) is 0. The van der Waals surface area contributed by atoms with Crippen LogP contribution in [0.2, 0.25) is 0 Å². The van der Waals surface area contributed by atoms with Crippen LogP contribution in [0, 0.1) is 17.3 Å². The monoisotopic (exact) mass is 418 g/mol. The predicted molar refractivity (Wildman–Crippen MR) is 116 cm³/mol. The lowest BCUT2D eigenvalue weighted by Gasteiger charge is -2.25. The largest absolute Gasteiger partial charge is 0.332 e. The van der Waals surface area contributed by atoms with Gasteiger partial charge in [-0.05, 0) is 30.5 Å². The molecule has 0 aromatic heterocycles. The molecule has 1 fully saturated rings. The molecule has 0 saturated carbocycles. The highest BCUT2D eigenvalue weighted by atomic mass is 19.1. The summed E-state index contributed by atoms with van der Waals surface area (Å²) >= 11 is 0. The van der Waals surface area contributed by atoms with E-state index in [1.165, 1.54) is 12.1 Å². The lowest BCUT2D eigenvalue weighted by Crippen LogP contribution is -2.45. The van der Waals surface area contributed by atoms with Gasteiger partial charge in [0.1, 0.15) is 5.82 Å². The lowest BCUT2D eigenvalue weighted by atomic mass is 10.0. The van der Waals surface area contributed by atoms with E-state index >= 15 is 0 Å². The Balaban J connectivity index is 1.59. The minimum Gasteiger partial charge on any atom is -0.332 e. The molecule has 0 radical (unpaired) electrons. The lowest BCUT2D eigenvalue weighted by molar-refractivity contribution is -0.128. The van der Waals surface area contributed by atoms with Gasteiger partial charge in [0.2, 0.25) is 11.9 Å². The maximum Gasteiger partial charge on any atom is 0.228 e. The standard InChI is InChI=1S/C23H23FN6O/c24-19-10-8-18(9-11-19)22-20(29-14-4-7-21(29)31)15-30(28-22)23(27-16-25)26-13-12-17-5-2-1-3-6-17/h1-3,5-6,8-11,20H,4,7,12-15H2,(H,26,27). The number of carbonyl (C=O) groups excluding carboxylic acids is 1. The van der Waals surface area contributed by atoms with Crippen molar-refractivity contribution in [2.24, 2.45) is 10.1 Å². The Morgan fingerprint density at radius 1 is 1.23 bits per heavy atom. The van der Waals surface area contributed by atoms with E-state index in [0.717, 1.165) is 24.0 Å². The zero-order valence-corrected chi connectivity index (χ0v) is 17.0. The number of amides is 1. The number of halogens is 1. The topological polar surface area (TPSA) is 84.1 Å². The van der Waals surface area contributed by atoms with Gasteiger partial charge < -0.3 is 4.90 Å². The highest BCUT2D eigenvalue weighted by molar-refractivity contribution is 6.08. The molecule has 158 valence electrons. The number of benzene rings is 2.